The fourth-order valence-electron chi connectivity index (χ4n) is 3.68. The van der Waals surface area contributed by atoms with Crippen molar-refractivity contribution >= 4 is 35.3 Å². The number of non-ortho nitro benzene ring substituents is 1. The van der Waals surface area contributed by atoms with Gasteiger partial charge in [-0.05, 0) is 38.3 Å². The van der Waals surface area contributed by atoms with Crippen LogP contribution in [0.5, 0.6) is 5.75 Å². The molecule has 1 heterocycles. The summed E-state index contributed by atoms with van der Waals surface area (Å²) in [4.78, 5) is 73.7. The standard InChI is InChI=1S/C23H32N6O9/c1-37-19(30)8-6-17-23(34)28-16(4-2-3-10-24)22(33)26-15(20(25)31)9-11-38-18-7-5-13(29(35)36)12-14(18)21(32)27-17/h5,7,12,15-17H,2-4,6,8-11,24H2,1H3,(H2,25,31)(H,26,33)(H,27,32)(H,28,34)/t15?,16-,17?/m1/s1. The largest absolute Gasteiger partial charge is 0.493 e. The molecule has 3 atom stereocenters. The van der Waals surface area contributed by atoms with Crippen LogP contribution in [-0.4, -0.2) is 72.9 Å². The van der Waals surface area contributed by atoms with Gasteiger partial charge in [0.05, 0.1) is 24.2 Å². The summed E-state index contributed by atoms with van der Waals surface area (Å²) < 4.78 is 10.2. The van der Waals surface area contributed by atoms with Crippen molar-refractivity contribution in [1.29, 1.82) is 0 Å². The Morgan fingerprint density at radius 1 is 1.11 bits per heavy atom. The smallest absolute Gasteiger partial charge is 0.305 e. The normalized spacial score (nSPS) is 20.5. The topological polar surface area (TPSA) is 235 Å². The molecule has 38 heavy (non-hydrogen) atoms. The molecular weight excluding hydrogens is 504 g/mol. The Labute approximate surface area is 218 Å². The van der Waals surface area contributed by atoms with E-state index in [2.05, 4.69) is 20.7 Å². The van der Waals surface area contributed by atoms with E-state index in [0.717, 1.165) is 19.2 Å². The zero-order chi connectivity index (χ0) is 28.2. The monoisotopic (exact) mass is 536 g/mol. The highest BCUT2D eigenvalue weighted by Crippen LogP contribution is 2.25. The van der Waals surface area contributed by atoms with E-state index in [4.69, 9.17) is 16.2 Å². The second kappa shape index (κ2) is 14.5. The summed E-state index contributed by atoms with van der Waals surface area (Å²) >= 11 is 0. The van der Waals surface area contributed by atoms with Gasteiger partial charge in [-0.3, -0.25) is 34.1 Å². The Bertz CT molecular complexity index is 1060. The van der Waals surface area contributed by atoms with Gasteiger partial charge in [0.2, 0.25) is 17.7 Å². The molecule has 2 rings (SSSR count). The van der Waals surface area contributed by atoms with Gasteiger partial charge in [-0.2, -0.15) is 0 Å². The molecule has 0 radical (unpaired) electrons. The van der Waals surface area contributed by atoms with Gasteiger partial charge in [0.25, 0.3) is 11.6 Å². The lowest BCUT2D eigenvalue weighted by Gasteiger charge is -2.26. The number of carbonyl (C=O) groups is 5. The molecule has 0 spiro atoms. The van der Waals surface area contributed by atoms with E-state index in [1.54, 1.807) is 0 Å². The molecule has 0 aromatic heterocycles. The van der Waals surface area contributed by atoms with E-state index in [1.165, 1.54) is 6.07 Å². The number of nitrogens with zero attached hydrogens (tertiary/aromatic N) is 1. The van der Waals surface area contributed by atoms with Crippen molar-refractivity contribution in [3.05, 3.63) is 33.9 Å². The third-order valence-electron chi connectivity index (χ3n) is 5.81. The number of unbranched alkanes of at least 4 members (excludes halogenated alkanes) is 1. The second-order valence-corrected chi connectivity index (χ2v) is 8.52. The van der Waals surface area contributed by atoms with Crippen molar-refractivity contribution in [3.63, 3.8) is 0 Å². The number of carbonyl (C=O) groups excluding carboxylic acids is 5. The Hall–Kier alpha value is -4.27. The van der Waals surface area contributed by atoms with E-state index < -0.39 is 58.3 Å². The molecule has 0 bridgehead atoms. The Morgan fingerprint density at radius 2 is 1.79 bits per heavy atom. The van der Waals surface area contributed by atoms with E-state index in [1.807, 2.05) is 0 Å². The number of amides is 4. The predicted molar refractivity (Wildman–Crippen MR) is 132 cm³/mol. The summed E-state index contributed by atoms with van der Waals surface area (Å²) in [7, 11) is 1.16. The van der Waals surface area contributed by atoms with E-state index in [-0.39, 0.29) is 43.6 Å². The predicted octanol–water partition coefficient (Wildman–Crippen LogP) is -0.987. The molecule has 1 aromatic carbocycles. The van der Waals surface area contributed by atoms with Crippen LogP contribution in [0.25, 0.3) is 0 Å². The summed E-state index contributed by atoms with van der Waals surface area (Å²) in [5.41, 5.74) is 10.3. The number of hydrogen-bond acceptors (Lipinski definition) is 10. The highest BCUT2D eigenvalue weighted by atomic mass is 16.6. The zero-order valence-electron chi connectivity index (χ0n) is 20.9. The van der Waals surface area contributed by atoms with Gasteiger partial charge in [0, 0.05) is 25.0 Å². The van der Waals surface area contributed by atoms with Crippen molar-refractivity contribution in [2.24, 2.45) is 11.5 Å². The zero-order valence-corrected chi connectivity index (χ0v) is 20.9. The lowest BCUT2D eigenvalue weighted by molar-refractivity contribution is -0.384. The molecule has 4 amide bonds. The number of rotatable bonds is 9. The van der Waals surface area contributed by atoms with Crippen LogP contribution in [0, 0.1) is 10.1 Å². The number of nitrogens with one attached hydrogen (secondary N) is 3. The molecule has 208 valence electrons. The number of nitro benzene ring substituents is 1. The van der Waals surface area contributed by atoms with Crippen LogP contribution < -0.4 is 32.2 Å². The lowest BCUT2D eigenvalue weighted by Crippen LogP contribution is -2.56. The van der Waals surface area contributed by atoms with Crippen LogP contribution >= 0.6 is 0 Å². The average Bonchev–Trinajstić information content (AvgIpc) is 2.88. The van der Waals surface area contributed by atoms with Crippen molar-refractivity contribution < 1.29 is 38.4 Å². The molecule has 15 nitrogen and oxygen atoms in total. The highest BCUT2D eigenvalue weighted by molar-refractivity contribution is 6.01. The molecule has 0 saturated heterocycles. The second-order valence-electron chi connectivity index (χ2n) is 8.52. The van der Waals surface area contributed by atoms with Gasteiger partial charge in [0.1, 0.15) is 23.9 Å². The van der Waals surface area contributed by atoms with Crippen LogP contribution in [0.4, 0.5) is 5.69 Å². The third-order valence-corrected chi connectivity index (χ3v) is 5.81. The van der Waals surface area contributed by atoms with Gasteiger partial charge < -0.3 is 36.9 Å². The van der Waals surface area contributed by atoms with Gasteiger partial charge >= 0.3 is 5.97 Å². The first-order chi connectivity index (χ1) is 18.1. The van der Waals surface area contributed by atoms with Gasteiger partial charge in [-0.15, -0.1) is 0 Å². The van der Waals surface area contributed by atoms with E-state index in [9.17, 15) is 34.1 Å². The lowest BCUT2D eigenvalue weighted by atomic mass is 10.0. The maximum Gasteiger partial charge on any atom is 0.305 e. The maximum atomic E-state index is 13.2. The number of fused-ring (bicyclic) bond motifs is 1. The van der Waals surface area contributed by atoms with Gasteiger partial charge in [0.15, 0.2) is 0 Å². The summed E-state index contributed by atoms with van der Waals surface area (Å²) in [6, 6.07) is -0.290. The number of hydrogen-bond donors (Lipinski definition) is 5. The number of ether oxygens (including phenoxy) is 2. The molecular formula is C23H32N6O9. The van der Waals surface area contributed by atoms with Crippen LogP contribution in [0.1, 0.15) is 48.9 Å². The number of nitro groups is 1. The number of benzene rings is 1. The first-order valence-electron chi connectivity index (χ1n) is 12.0. The molecule has 1 aliphatic rings. The van der Waals surface area contributed by atoms with Gasteiger partial charge in [-0.25, -0.2) is 0 Å². The molecule has 0 saturated carbocycles. The van der Waals surface area contributed by atoms with Crippen LogP contribution in [-0.2, 0) is 23.9 Å². The van der Waals surface area contributed by atoms with Crippen molar-refractivity contribution in [2.45, 2.75) is 56.7 Å². The SMILES string of the molecule is COC(=O)CCC1NC(=O)c2cc([N+](=O)[O-])ccc2OCCC(C(N)=O)NC(=O)[C@@H](CCCCN)NC1=O. The first kappa shape index (κ1) is 30.0. The summed E-state index contributed by atoms with van der Waals surface area (Å²) in [5, 5.41) is 18.8. The van der Waals surface area contributed by atoms with Crippen LogP contribution in [0.2, 0.25) is 0 Å². The molecule has 0 fully saturated rings. The van der Waals surface area contributed by atoms with E-state index in [0.29, 0.717) is 19.4 Å². The molecule has 1 aromatic rings. The summed E-state index contributed by atoms with van der Waals surface area (Å²) in [5.74, 6) is -3.92. The minimum Gasteiger partial charge on any atom is -0.493 e. The van der Waals surface area contributed by atoms with Crippen molar-refractivity contribution in [2.75, 3.05) is 20.3 Å². The van der Waals surface area contributed by atoms with Crippen molar-refractivity contribution in [3.8, 4) is 5.75 Å². The number of methoxy groups -OCH3 is 1. The van der Waals surface area contributed by atoms with E-state index >= 15 is 0 Å². The minimum absolute atomic E-state index is 0.0634. The fraction of sp³-hybridized carbons (Fsp3) is 0.522. The fourth-order valence-corrected chi connectivity index (χ4v) is 3.68. The summed E-state index contributed by atoms with van der Waals surface area (Å²) in [6.07, 6.45) is 0.672. The molecule has 2 unspecified atom stereocenters. The van der Waals surface area contributed by atoms with Crippen LogP contribution in [0.15, 0.2) is 18.2 Å². The number of nitrogens with two attached hydrogens (primary N) is 2. The molecule has 7 N–H and O–H groups in total. The maximum absolute atomic E-state index is 13.2. The number of esters is 1. The quantitative estimate of drug-likeness (QED) is 0.112. The minimum atomic E-state index is -1.33. The third kappa shape index (κ3) is 8.69. The molecule has 1 aliphatic heterocycles. The number of primary amides is 1. The summed E-state index contributed by atoms with van der Waals surface area (Å²) in [6.45, 7) is 0.175. The molecule has 0 aliphatic carbocycles. The Balaban J connectivity index is 2.48. The van der Waals surface area contributed by atoms with Gasteiger partial charge in [-0.1, -0.05) is 0 Å². The van der Waals surface area contributed by atoms with Crippen molar-refractivity contribution in [1.82, 2.24) is 16.0 Å². The van der Waals surface area contributed by atoms with Crippen LogP contribution in [0.3, 0.4) is 0 Å². The Kier molecular flexibility index (Phi) is 11.4. The first-order valence-corrected chi connectivity index (χ1v) is 12.0. The highest BCUT2D eigenvalue weighted by Gasteiger charge is 2.31. The average molecular weight is 537 g/mol. The molecule has 15 heteroatoms. The Morgan fingerprint density at radius 3 is 2.42 bits per heavy atom.